The molecule has 0 radical (unpaired) electrons. The molecule has 2 heterocycles. The lowest BCUT2D eigenvalue weighted by atomic mass is 10.2. The van der Waals surface area contributed by atoms with E-state index in [4.69, 9.17) is 9.47 Å². The minimum absolute atomic E-state index is 0.121. The number of fused-ring (bicyclic) bond motifs is 1. The molecule has 0 saturated heterocycles. The Bertz CT molecular complexity index is 657. The molecule has 25 heavy (non-hydrogen) atoms. The SMILES string of the molecule is CCCCOc1c2n(c(CN(C)C)cc1=O)NCN(CCOC)C2=O. The summed E-state index contributed by atoms with van der Waals surface area (Å²) < 4.78 is 12.4. The van der Waals surface area contributed by atoms with Gasteiger partial charge >= 0.3 is 0 Å². The summed E-state index contributed by atoms with van der Waals surface area (Å²) in [6.45, 7) is 4.23. The van der Waals surface area contributed by atoms with E-state index in [2.05, 4.69) is 5.43 Å². The molecular weight excluding hydrogens is 324 g/mol. The van der Waals surface area contributed by atoms with Crippen LogP contribution in [0.25, 0.3) is 0 Å². The van der Waals surface area contributed by atoms with Gasteiger partial charge in [-0.1, -0.05) is 13.3 Å². The zero-order valence-corrected chi connectivity index (χ0v) is 15.5. The number of methoxy groups -OCH3 is 1. The van der Waals surface area contributed by atoms with E-state index in [0.717, 1.165) is 18.5 Å². The van der Waals surface area contributed by atoms with Crippen LogP contribution in [0.3, 0.4) is 0 Å². The largest absolute Gasteiger partial charge is 0.487 e. The van der Waals surface area contributed by atoms with Gasteiger partial charge in [-0.15, -0.1) is 0 Å². The first-order valence-corrected chi connectivity index (χ1v) is 8.58. The second-order valence-electron chi connectivity index (χ2n) is 6.33. The molecule has 0 fully saturated rings. The molecule has 1 aliphatic rings. The van der Waals surface area contributed by atoms with E-state index >= 15 is 0 Å². The van der Waals surface area contributed by atoms with Crippen molar-refractivity contribution < 1.29 is 14.3 Å². The van der Waals surface area contributed by atoms with E-state index in [1.807, 2.05) is 25.9 Å². The van der Waals surface area contributed by atoms with Crippen LogP contribution in [0.1, 0.15) is 35.9 Å². The summed E-state index contributed by atoms with van der Waals surface area (Å²) in [6, 6.07) is 1.54. The Morgan fingerprint density at radius 2 is 2.04 bits per heavy atom. The molecule has 1 aromatic rings. The van der Waals surface area contributed by atoms with Crippen molar-refractivity contribution in [3.63, 3.8) is 0 Å². The molecule has 2 rings (SSSR count). The lowest BCUT2D eigenvalue weighted by Crippen LogP contribution is -2.49. The molecule has 1 N–H and O–H groups in total. The van der Waals surface area contributed by atoms with Crippen LogP contribution in [-0.2, 0) is 11.3 Å². The van der Waals surface area contributed by atoms with Gasteiger partial charge in [-0.05, 0) is 20.5 Å². The van der Waals surface area contributed by atoms with E-state index in [0.29, 0.717) is 33.0 Å². The molecule has 8 nitrogen and oxygen atoms in total. The highest BCUT2D eigenvalue weighted by molar-refractivity contribution is 5.96. The first-order chi connectivity index (χ1) is 12.0. The van der Waals surface area contributed by atoms with Gasteiger partial charge in [0.1, 0.15) is 6.67 Å². The predicted octanol–water partition coefficient (Wildman–Crippen LogP) is 0.692. The number of hydrogen-bond donors (Lipinski definition) is 1. The maximum Gasteiger partial charge on any atom is 0.277 e. The Hall–Kier alpha value is -2.06. The van der Waals surface area contributed by atoms with Crippen molar-refractivity contribution in [1.82, 2.24) is 14.5 Å². The summed E-state index contributed by atoms with van der Waals surface area (Å²) in [5.74, 6) is -0.101. The van der Waals surface area contributed by atoms with Gasteiger partial charge < -0.3 is 24.7 Å². The number of aromatic nitrogens is 1. The Kier molecular flexibility index (Phi) is 6.83. The number of carbonyl (C=O) groups excluding carboxylic acids is 1. The fourth-order valence-corrected chi connectivity index (χ4v) is 2.67. The van der Waals surface area contributed by atoms with Gasteiger partial charge in [0.25, 0.3) is 5.91 Å². The van der Waals surface area contributed by atoms with Gasteiger partial charge in [0.15, 0.2) is 11.4 Å². The third-order valence-electron chi connectivity index (χ3n) is 3.94. The third-order valence-corrected chi connectivity index (χ3v) is 3.94. The van der Waals surface area contributed by atoms with E-state index in [1.54, 1.807) is 16.7 Å². The molecular formula is C17H28N4O4. The summed E-state index contributed by atoms with van der Waals surface area (Å²) in [6.07, 6.45) is 1.78. The Morgan fingerprint density at radius 3 is 2.68 bits per heavy atom. The fraction of sp³-hybridized carbons (Fsp3) is 0.647. The molecule has 0 unspecified atom stereocenters. The van der Waals surface area contributed by atoms with Crippen LogP contribution in [0, 0.1) is 0 Å². The van der Waals surface area contributed by atoms with Gasteiger partial charge in [0.2, 0.25) is 5.43 Å². The molecule has 8 heteroatoms. The number of pyridine rings is 1. The summed E-state index contributed by atoms with van der Waals surface area (Å²) in [5, 5.41) is 0. The van der Waals surface area contributed by atoms with Crippen molar-refractivity contribution in [2.24, 2.45) is 0 Å². The summed E-state index contributed by atoms with van der Waals surface area (Å²) in [7, 11) is 5.42. The van der Waals surface area contributed by atoms with Crippen LogP contribution in [0.4, 0.5) is 0 Å². The number of amides is 1. The Labute approximate surface area is 148 Å². The summed E-state index contributed by atoms with van der Waals surface area (Å²) >= 11 is 0. The van der Waals surface area contributed by atoms with Gasteiger partial charge in [0, 0.05) is 26.3 Å². The van der Waals surface area contributed by atoms with E-state index in [-0.39, 0.29) is 22.8 Å². The van der Waals surface area contributed by atoms with Crippen molar-refractivity contribution in [1.29, 1.82) is 0 Å². The number of carbonyl (C=O) groups is 1. The maximum atomic E-state index is 12.9. The van der Waals surface area contributed by atoms with Gasteiger partial charge in [-0.25, -0.2) is 0 Å². The highest BCUT2D eigenvalue weighted by Crippen LogP contribution is 2.21. The van der Waals surface area contributed by atoms with Crippen LogP contribution in [0.2, 0.25) is 0 Å². The minimum Gasteiger partial charge on any atom is -0.487 e. The zero-order valence-electron chi connectivity index (χ0n) is 15.5. The van der Waals surface area contributed by atoms with Crippen molar-refractivity contribution in [3.05, 3.63) is 27.7 Å². The molecule has 0 saturated carbocycles. The van der Waals surface area contributed by atoms with Crippen LogP contribution in [-0.4, -0.2) is 68.0 Å². The molecule has 0 aromatic carbocycles. The molecule has 140 valence electrons. The zero-order chi connectivity index (χ0) is 18.4. The summed E-state index contributed by atoms with van der Waals surface area (Å²) in [4.78, 5) is 29.1. The van der Waals surface area contributed by atoms with E-state index in [1.165, 1.54) is 6.07 Å². The smallest absolute Gasteiger partial charge is 0.277 e. The van der Waals surface area contributed by atoms with Gasteiger partial charge in [-0.2, -0.15) is 0 Å². The van der Waals surface area contributed by atoms with Crippen LogP contribution < -0.4 is 15.6 Å². The Morgan fingerprint density at radius 1 is 1.28 bits per heavy atom. The molecule has 0 bridgehead atoms. The van der Waals surface area contributed by atoms with E-state index < -0.39 is 0 Å². The number of ether oxygens (including phenoxy) is 2. The third kappa shape index (κ3) is 4.52. The standard InChI is InChI=1S/C17H28N4O4/c1-5-6-8-25-16-14(22)10-13(11-19(2)3)21-15(16)17(23)20(12-18-21)7-9-24-4/h10,18H,5-9,11-12H2,1-4H3. The average molecular weight is 352 g/mol. The highest BCUT2D eigenvalue weighted by Gasteiger charge is 2.30. The molecule has 0 atom stereocenters. The van der Waals surface area contributed by atoms with Crippen LogP contribution >= 0.6 is 0 Å². The first kappa shape index (κ1) is 19.3. The average Bonchev–Trinajstić information content (AvgIpc) is 2.56. The lowest BCUT2D eigenvalue weighted by molar-refractivity contribution is 0.0658. The van der Waals surface area contributed by atoms with Crippen LogP contribution in [0.15, 0.2) is 10.9 Å². The monoisotopic (exact) mass is 352 g/mol. The molecule has 0 spiro atoms. The number of hydrogen-bond acceptors (Lipinski definition) is 6. The highest BCUT2D eigenvalue weighted by atomic mass is 16.5. The number of nitrogens with one attached hydrogen (secondary N) is 1. The number of rotatable bonds is 9. The second kappa shape index (κ2) is 8.87. The summed E-state index contributed by atoms with van der Waals surface area (Å²) in [5.41, 5.74) is 3.94. The normalized spacial score (nSPS) is 13.8. The topological polar surface area (TPSA) is 76.0 Å². The van der Waals surface area contributed by atoms with Gasteiger partial charge in [-0.3, -0.25) is 14.3 Å². The van der Waals surface area contributed by atoms with Crippen molar-refractivity contribution in [3.8, 4) is 5.75 Å². The Balaban J connectivity index is 2.44. The minimum atomic E-state index is -0.261. The molecule has 0 aliphatic carbocycles. The quantitative estimate of drug-likeness (QED) is 0.659. The fourth-order valence-electron chi connectivity index (χ4n) is 2.67. The van der Waals surface area contributed by atoms with Crippen molar-refractivity contribution in [2.45, 2.75) is 26.3 Å². The predicted molar refractivity (Wildman–Crippen MR) is 95.6 cm³/mol. The maximum absolute atomic E-state index is 12.9. The lowest BCUT2D eigenvalue weighted by Gasteiger charge is -2.33. The number of nitrogens with zero attached hydrogens (tertiary/aromatic N) is 3. The molecule has 1 aromatic heterocycles. The second-order valence-corrected chi connectivity index (χ2v) is 6.33. The van der Waals surface area contributed by atoms with E-state index in [9.17, 15) is 9.59 Å². The van der Waals surface area contributed by atoms with Crippen molar-refractivity contribution >= 4 is 5.91 Å². The number of unbranched alkanes of at least 4 members (excludes halogenated alkanes) is 1. The van der Waals surface area contributed by atoms with Gasteiger partial charge in [0.05, 0.1) is 18.9 Å². The molecule has 1 aliphatic heterocycles. The van der Waals surface area contributed by atoms with Crippen molar-refractivity contribution in [2.75, 3.05) is 53.1 Å². The first-order valence-electron chi connectivity index (χ1n) is 8.58. The van der Waals surface area contributed by atoms with Crippen LogP contribution in [0.5, 0.6) is 5.75 Å². The molecule has 1 amide bonds.